The van der Waals surface area contributed by atoms with Gasteiger partial charge >= 0.3 is 0 Å². The number of hydrogen-bond acceptors (Lipinski definition) is 6. The summed E-state index contributed by atoms with van der Waals surface area (Å²) < 4.78 is 0. The molecule has 0 aliphatic heterocycles. The van der Waals surface area contributed by atoms with E-state index in [4.69, 9.17) is 0 Å². The van der Waals surface area contributed by atoms with E-state index < -0.39 is 0 Å². The van der Waals surface area contributed by atoms with Crippen LogP contribution in [-0.4, -0.2) is 16.7 Å². The molecule has 2 aromatic rings. The standard InChI is InChI=1S/C17H18N2O3S2.C2H6/c1-12(13(2)20)18-11-14-7-3-5-9-16(14)23-24-17-10-6-4-8-15(17)19(21)22;1-2/h3-10,12,18H,11H2,1-2H3;1-2H3. The van der Waals surface area contributed by atoms with Crippen molar-refractivity contribution in [2.75, 3.05) is 0 Å². The van der Waals surface area contributed by atoms with E-state index in [9.17, 15) is 14.9 Å². The molecule has 0 heterocycles. The van der Waals surface area contributed by atoms with Gasteiger partial charge in [-0.2, -0.15) is 0 Å². The summed E-state index contributed by atoms with van der Waals surface area (Å²) in [5.41, 5.74) is 1.16. The SMILES string of the molecule is CC.CC(=O)C(C)NCc1ccccc1SSc1ccccc1[N+](=O)[O-]. The molecule has 140 valence electrons. The fourth-order valence-electron chi connectivity index (χ4n) is 1.91. The molecule has 0 aromatic heterocycles. The van der Waals surface area contributed by atoms with Crippen LogP contribution in [0, 0.1) is 10.1 Å². The Morgan fingerprint density at radius 2 is 1.62 bits per heavy atom. The highest BCUT2D eigenvalue weighted by Gasteiger charge is 2.14. The first-order valence-electron chi connectivity index (χ1n) is 8.38. The van der Waals surface area contributed by atoms with Gasteiger partial charge in [-0.1, -0.05) is 55.0 Å². The minimum absolute atomic E-state index is 0.0921. The van der Waals surface area contributed by atoms with E-state index in [1.165, 1.54) is 27.7 Å². The Balaban J connectivity index is 0.00000163. The number of benzene rings is 2. The van der Waals surface area contributed by atoms with Gasteiger partial charge in [0.2, 0.25) is 0 Å². The average molecular weight is 393 g/mol. The number of rotatable bonds is 8. The molecule has 1 N–H and O–H groups in total. The lowest BCUT2D eigenvalue weighted by Gasteiger charge is -2.13. The Morgan fingerprint density at radius 1 is 1.08 bits per heavy atom. The molecule has 0 aliphatic rings. The van der Waals surface area contributed by atoms with Gasteiger partial charge in [0.25, 0.3) is 5.69 Å². The highest BCUT2D eigenvalue weighted by atomic mass is 33.1. The second-order valence-electron chi connectivity index (χ2n) is 5.21. The maximum Gasteiger partial charge on any atom is 0.283 e. The zero-order valence-electron chi connectivity index (χ0n) is 15.4. The number of carbonyl (C=O) groups is 1. The number of nitrogens with zero attached hydrogens (tertiary/aromatic N) is 1. The average Bonchev–Trinajstić information content (AvgIpc) is 2.66. The van der Waals surface area contributed by atoms with Crippen molar-refractivity contribution in [2.45, 2.75) is 50.1 Å². The maximum atomic E-state index is 11.3. The van der Waals surface area contributed by atoms with Gasteiger partial charge in [0.05, 0.1) is 15.9 Å². The van der Waals surface area contributed by atoms with E-state index >= 15 is 0 Å². The molecule has 1 unspecified atom stereocenters. The van der Waals surface area contributed by atoms with Crippen molar-refractivity contribution in [2.24, 2.45) is 0 Å². The molecule has 0 saturated carbocycles. The molecule has 1 atom stereocenters. The number of nitrogens with one attached hydrogen (secondary N) is 1. The van der Waals surface area contributed by atoms with Crippen LogP contribution in [0.4, 0.5) is 5.69 Å². The number of ketones is 1. The summed E-state index contributed by atoms with van der Waals surface area (Å²) >= 11 is 0. The second kappa shape index (κ2) is 11.7. The first-order chi connectivity index (χ1) is 12.5. The predicted molar refractivity (Wildman–Crippen MR) is 110 cm³/mol. The van der Waals surface area contributed by atoms with Crippen LogP contribution < -0.4 is 5.32 Å². The monoisotopic (exact) mass is 392 g/mol. The number of Topliss-reactive ketones (excluding diaryl/α,β-unsaturated/α-hetero) is 1. The molecule has 0 radical (unpaired) electrons. The van der Waals surface area contributed by atoms with Crippen molar-refractivity contribution in [3.63, 3.8) is 0 Å². The molecular formula is C19H24N2O3S2. The Morgan fingerprint density at radius 3 is 2.23 bits per heavy atom. The minimum atomic E-state index is -0.370. The Labute approximate surface area is 162 Å². The Hall–Kier alpha value is -1.83. The molecule has 5 nitrogen and oxygen atoms in total. The lowest BCUT2D eigenvalue weighted by molar-refractivity contribution is -0.387. The smallest absolute Gasteiger partial charge is 0.283 e. The maximum absolute atomic E-state index is 11.3. The predicted octanol–water partition coefficient (Wildman–Crippen LogP) is 5.49. The van der Waals surface area contributed by atoms with Crippen molar-refractivity contribution in [3.8, 4) is 0 Å². The van der Waals surface area contributed by atoms with E-state index in [1.807, 2.05) is 45.0 Å². The van der Waals surface area contributed by atoms with Crippen LogP contribution in [0.5, 0.6) is 0 Å². The molecule has 2 aromatic carbocycles. The number of hydrogen-bond donors (Lipinski definition) is 1. The third-order valence-corrected chi connectivity index (χ3v) is 5.98. The highest BCUT2D eigenvalue weighted by Crippen LogP contribution is 2.42. The summed E-state index contributed by atoms with van der Waals surface area (Å²) in [6, 6.07) is 14.3. The summed E-state index contributed by atoms with van der Waals surface area (Å²) in [6.45, 7) is 7.96. The fraction of sp³-hybridized carbons (Fsp3) is 0.316. The van der Waals surface area contributed by atoms with Gasteiger partial charge in [0.1, 0.15) is 5.78 Å². The number of nitro benzene ring substituents is 1. The Kier molecular flexibility index (Phi) is 10.0. The lowest BCUT2D eigenvalue weighted by Crippen LogP contribution is -2.31. The summed E-state index contributed by atoms with van der Waals surface area (Å²) in [4.78, 5) is 23.7. The molecular weight excluding hydrogens is 368 g/mol. The van der Waals surface area contributed by atoms with Crippen molar-refractivity contribution in [3.05, 3.63) is 64.2 Å². The quantitative estimate of drug-likeness (QED) is 0.364. The summed E-state index contributed by atoms with van der Waals surface area (Å²) in [5.74, 6) is 0.0921. The van der Waals surface area contributed by atoms with E-state index in [0.29, 0.717) is 11.4 Å². The van der Waals surface area contributed by atoms with Crippen LogP contribution in [0.15, 0.2) is 58.3 Å². The topological polar surface area (TPSA) is 72.2 Å². The van der Waals surface area contributed by atoms with Crippen molar-refractivity contribution < 1.29 is 9.72 Å². The van der Waals surface area contributed by atoms with Gasteiger partial charge in [-0.05, 0) is 42.3 Å². The van der Waals surface area contributed by atoms with Crippen LogP contribution in [0.25, 0.3) is 0 Å². The van der Waals surface area contributed by atoms with Gasteiger partial charge in [0.15, 0.2) is 0 Å². The largest absolute Gasteiger partial charge is 0.304 e. The summed E-state index contributed by atoms with van der Waals surface area (Å²) in [7, 11) is 2.84. The molecule has 0 amide bonds. The third kappa shape index (κ3) is 6.82. The van der Waals surface area contributed by atoms with E-state index in [1.54, 1.807) is 25.1 Å². The molecule has 26 heavy (non-hydrogen) atoms. The zero-order valence-corrected chi connectivity index (χ0v) is 17.0. The van der Waals surface area contributed by atoms with Gasteiger partial charge < -0.3 is 5.32 Å². The molecule has 0 fully saturated rings. The fourth-order valence-corrected chi connectivity index (χ4v) is 4.28. The van der Waals surface area contributed by atoms with Crippen molar-refractivity contribution in [1.29, 1.82) is 0 Å². The van der Waals surface area contributed by atoms with Gasteiger partial charge in [-0.3, -0.25) is 14.9 Å². The van der Waals surface area contributed by atoms with E-state index in [-0.39, 0.29) is 22.4 Å². The lowest BCUT2D eigenvalue weighted by atomic mass is 10.2. The second-order valence-corrected chi connectivity index (χ2v) is 7.43. The normalized spacial score (nSPS) is 11.2. The number of nitro groups is 1. The van der Waals surface area contributed by atoms with Crippen LogP contribution in [0.2, 0.25) is 0 Å². The van der Waals surface area contributed by atoms with Gasteiger partial charge in [-0.15, -0.1) is 0 Å². The Bertz CT molecular complexity index is 738. The molecule has 0 aliphatic carbocycles. The minimum Gasteiger partial charge on any atom is -0.304 e. The van der Waals surface area contributed by atoms with Crippen LogP contribution in [0.1, 0.15) is 33.3 Å². The van der Waals surface area contributed by atoms with Crippen LogP contribution in [-0.2, 0) is 11.3 Å². The van der Waals surface area contributed by atoms with Crippen molar-refractivity contribution >= 4 is 33.1 Å². The summed E-state index contributed by atoms with van der Waals surface area (Å²) in [6.07, 6.45) is 0. The van der Waals surface area contributed by atoms with E-state index in [0.717, 1.165) is 10.5 Å². The van der Waals surface area contributed by atoms with Gasteiger partial charge in [0, 0.05) is 17.5 Å². The van der Waals surface area contributed by atoms with Crippen LogP contribution >= 0.6 is 21.6 Å². The highest BCUT2D eigenvalue weighted by molar-refractivity contribution is 8.76. The number of carbonyl (C=O) groups excluding carboxylic acids is 1. The molecule has 0 saturated heterocycles. The van der Waals surface area contributed by atoms with Crippen molar-refractivity contribution in [1.82, 2.24) is 5.32 Å². The molecule has 7 heteroatoms. The zero-order chi connectivity index (χ0) is 19.5. The van der Waals surface area contributed by atoms with Gasteiger partial charge in [-0.25, -0.2) is 0 Å². The number of para-hydroxylation sites is 1. The van der Waals surface area contributed by atoms with Crippen LogP contribution in [0.3, 0.4) is 0 Å². The first-order valence-corrected chi connectivity index (χ1v) is 10.5. The molecule has 0 spiro atoms. The third-order valence-electron chi connectivity index (χ3n) is 3.46. The van der Waals surface area contributed by atoms with E-state index in [2.05, 4.69) is 5.32 Å². The molecule has 2 rings (SSSR count). The molecule has 0 bridgehead atoms. The summed E-state index contributed by atoms with van der Waals surface area (Å²) in [5, 5.41) is 14.3. The first kappa shape index (κ1) is 22.2.